The summed E-state index contributed by atoms with van der Waals surface area (Å²) >= 11 is 0. The van der Waals surface area contributed by atoms with Gasteiger partial charge in [-0.25, -0.2) is 4.98 Å². The van der Waals surface area contributed by atoms with Gasteiger partial charge in [-0.05, 0) is 30.7 Å². The molecular formula is C16H17N3. The van der Waals surface area contributed by atoms with Crippen LogP contribution in [0.4, 0.5) is 0 Å². The average molecular weight is 251 g/mol. The van der Waals surface area contributed by atoms with Gasteiger partial charge in [-0.2, -0.15) is 0 Å². The van der Waals surface area contributed by atoms with Crippen LogP contribution in [0.25, 0.3) is 5.65 Å². The minimum atomic E-state index is 0.814. The van der Waals surface area contributed by atoms with Gasteiger partial charge in [-0.1, -0.05) is 36.4 Å². The van der Waals surface area contributed by atoms with E-state index < -0.39 is 0 Å². The standard InChI is InChI=1S/C16H17N3/c1-2-6-14(7-3-1)9-10-17-12-15-13-19-11-5-4-8-16(19)18-15/h1-8,11,13,17H,9-10,12H2. The Morgan fingerprint density at radius 2 is 1.84 bits per heavy atom. The maximum atomic E-state index is 4.56. The van der Waals surface area contributed by atoms with Crippen molar-refractivity contribution < 1.29 is 0 Å². The van der Waals surface area contributed by atoms with E-state index in [9.17, 15) is 0 Å². The van der Waals surface area contributed by atoms with Gasteiger partial charge < -0.3 is 9.72 Å². The van der Waals surface area contributed by atoms with Gasteiger partial charge in [0.05, 0.1) is 5.69 Å². The molecule has 0 fully saturated rings. The van der Waals surface area contributed by atoms with Crippen molar-refractivity contribution in [1.82, 2.24) is 14.7 Å². The molecule has 0 spiro atoms. The average Bonchev–Trinajstić information content (AvgIpc) is 2.87. The first kappa shape index (κ1) is 11.9. The molecule has 0 atom stereocenters. The van der Waals surface area contributed by atoms with E-state index >= 15 is 0 Å². The highest BCUT2D eigenvalue weighted by Gasteiger charge is 1.99. The second kappa shape index (κ2) is 5.67. The molecule has 0 aliphatic heterocycles. The van der Waals surface area contributed by atoms with Crippen molar-refractivity contribution in [2.24, 2.45) is 0 Å². The van der Waals surface area contributed by atoms with Crippen LogP contribution < -0.4 is 5.32 Å². The fourth-order valence-corrected chi connectivity index (χ4v) is 2.17. The van der Waals surface area contributed by atoms with Gasteiger partial charge in [0.1, 0.15) is 5.65 Å². The van der Waals surface area contributed by atoms with Crippen molar-refractivity contribution in [2.45, 2.75) is 13.0 Å². The Kier molecular flexibility index (Phi) is 3.56. The normalized spacial score (nSPS) is 10.9. The number of hydrogen-bond acceptors (Lipinski definition) is 2. The lowest BCUT2D eigenvalue weighted by Gasteiger charge is -2.02. The molecule has 0 saturated heterocycles. The van der Waals surface area contributed by atoms with Crippen LogP contribution in [-0.2, 0) is 13.0 Å². The molecule has 1 N–H and O–H groups in total. The van der Waals surface area contributed by atoms with Crippen LogP contribution in [0.1, 0.15) is 11.3 Å². The summed E-state index contributed by atoms with van der Waals surface area (Å²) in [5, 5.41) is 3.44. The number of imidazole rings is 1. The molecular weight excluding hydrogens is 234 g/mol. The fourth-order valence-electron chi connectivity index (χ4n) is 2.17. The molecule has 3 rings (SSSR count). The summed E-state index contributed by atoms with van der Waals surface area (Å²) in [5.41, 5.74) is 3.45. The highest BCUT2D eigenvalue weighted by molar-refractivity contribution is 5.39. The molecule has 3 heteroatoms. The number of benzene rings is 1. The van der Waals surface area contributed by atoms with Gasteiger partial charge in [-0.3, -0.25) is 0 Å². The van der Waals surface area contributed by atoms with Gasteiger partial charge in [0, 0.05) is 18.9 Å². The van der Waals surface area contributed by atoms with E-state index in [1.54, 1.807) is 0 Å². The second-order valence-electron chi connectivity index (χ2n) is 4.61. The summed E-state index contributed by atoms with van der Waals surface area (Å²) in [4.78, 5) is 4.56. The fraction of sp³-hybridized carbons (Fsp3) is 0.188. The highest BCUT2D eigenvalue weighted by Crippen LogP contribution is 2.04. The van der Waals surface area contributed by atoms with E-state index in [0.29, 0.717) is 0 Å². The molecule has 0 bridgehead atoms. The lowest BCUT2D eigenvalue weighted by atomic mass is 10.1. The Labute approximate surface area is 112 Å². The van der Waals surface area contributed by atoms with Crippen LogP contribution in [-0.4, -0.2) is 15.9 Å². The smallest absolute Gasteiger partial charge is 0.137 e. The maximum Gasteiger partial charge on any atom is 0.137 e. The van der Waals surface area contributed by atoms with Crippen LogP contribution in [0.3, 0.4) is 0 Å². The van der Waals surface area contributed by atoms with Gasteiger partial charge in [0.15, 0.2) is 0 Å². The van der Waals surface area contributed by atoms with Gasteiger partial charge >= 0.3 is 0 Å². The summed E-state index contributed by atoms with van der Waals surface area (Å²) in [6.07, 6.45) is 5.15. The first-order chi connectivity index (χ1) is 9.42. The summed E-state index contributed by atoms with van der Waals surface area (Å²) in [5.74, 6) is 0. The van der Waals surface area contributed by atoms with Crippen LogP contribution in [0.2, 0.25) is 0 Å². The van der Waals surface area contributed by atoms with Crippen LogP contribution >= 0.6 is 0 Å². The monoisotopic (exact) mass is 251 g/mol. The van der Waals surface area contributed by atoms with Crippen molar-refractivity contribution >= 4 is 5.65 Å². The van der Waals surface area contributed by atoms with Crippen molar-refractivity contribution in [3.05, 3.63) is 72.2 Å². The first-order valence-electron chi connectivity index (χ1n) is 6.59. The third-order valence-corrected chi connectivity index (χ3v) is 3.15. The Hall–Kier alpha value is -2.13. The number of rotatable bonds is 5. The van der Waals surface area contributed by atoms with Crippen molar-refractivity contribution in [1.29, 1.82) is 0 Å². The Morgan fingerprint density at radius 1 is 1.00 bits per heavy atom. The maximum absolute atomic E-state index is 4.56. The minimum Gasteiger partial charge on any atom is -0.311 e. The number of aromatic nitrogens is 2. The van der Waals surface area contributed by atoms with Crippen LogP contribution in [0, 0.1) is 0 Å². The lowest BCUT2D eigenvalue weighted by molar-refractivity contribution is 0.677. The molecule has 0 saturated carbocycles. The molecule has 0 unspecified atom stereocenters. The van der Waals surface area contributed by atoms with E-state index in [-0.39, 0.29) is 0 Å². The molecule has 0 aliphatic carbocycles. The molecule has 3 nitrogen and oxygen atoms in total. The number of nitrogens with one attached hydrogen (secondary N) is 1. The number of pyridine rings is 1. The zero-order valence-electron chi connectivity index (χ0n) is 10.8. The predicted molar refractivity (Wildman–Crippen MR) is 77.0 cm³/mol. The molecule has 2 aromatic heterocycles. The van der Waals surface area contributed by atoms with Gasteiger partial charge in [-0.15, -0.1) is 0 Å². The SMILES string of the molecule is c1ccc(CCNCc2cn3ccccc3n2)cc1. The molecule has 3 aromatic rings. The summed E-state index contributed by atoms with van der Waals surface area (Å²) in [7, 11) is 0. The van der Waals surface area contributed by atoms with Crippen molar-refractivity contribution in [2.75, 3.05) is 6.54 Å². The van der Waals surface area contributed by atoms with E-state index in [0.717, 1.165) is 30.9 Å². The Balaban J connectivity index is 1.52. The minimum absolute atomic E-state index is 0.814. The van der Waals surface area contributed by atoms with Crippen LogP contribution in [0.15, 0.2) is 60.9 Å². The van der Waals surface area contributed by atoms with E-state index in [1.165, 1.54) is 5.56 Å². The zero-order valence-corrected chi connectivity index (χ0v) is 10.8. The molecule has 19 heavy (non-hydrogen) atoms. The molecule has 96 valence electrons. The predicted octanol–water partition coefficient (Wildman–Crippen LogP) is 2.67. The zero-order chi connectivity index (χ0) is 12.9. The largest absolute Gasteiger partial charge is 0.311 e. The summed E-state index contributed by atoms with van der Waals surface area (Å²) < 4.78 is 2.05. The Morgan fingerprint density at radius 3 is 2.68 bits per heavy atom. The van der Waals surface area contributed by atoms with E-state index in [1.807, 2.05) is 34.9 Å². The molecule has 0 amide bonds. The van der Waals surface area contributed by atoms with E-state index in [2.05, 4.69) is 40.8 Å². The van der Waals surface area contributed by atoms with Crippen LogP contribution in [0.5, 0.6) is 0 Å². The number of nitrogens with zero attached hydrogens (tertiary/aromatic N) is 2. The topological polar surface area (TPSA) is 29.3 Å². The molecule has 1 aromatic carbocycles. The summed E-state index contributed by atoms with van der Waals surface area (Å²) in [6, 6.07) is 16.6. The lowest BCUT2D eigenvalue weighted by Crippen LogP contribution is -2.16. The Bertz CT molecular complexity index is 610. The second-order valence-corrected chi connectivity index (χ2v) is 4.61. The quantitative estimate of drug-likeness (QED) is 0.706. The molecule has 0 radical (unpaired) electrons. The first-order valence-corrected chi connectivity index (χ1v) is 6.59. The number of hydrogen-bond donors (Lipinski definition) is 1. The molecule has 2 heterocycles. The van der Waals surface area contributed by atoms with Crippen molar-refractivity contribution in [3.8, 4) is 0 Å². The third-order valence-electron chi connectivity index (χ3n) is 3.15. The highest BCUT2D eigenvalue weighted by atomic mass is 15.0. The van der Waals surface area contributed by atoms with Gasteiger partial charge in [0.25, 0.3) is 0 Å². The van der Waals surface area contributed by atoms with E-state index in [4.69, 9.17) is 0 Å². The van der Waals surface area contributed by atoms with Gasteiger partial charge in [0.2, 0.25) is 0 Å². The van der Waals surface area contributed by atoms with Crippen molar-refractivity contribution in [3.63, 3.8) is 0 Å². The molecule has 0 aliphatic rings. The number of fused-ring (bicyclic) bond motifs is 1. The summed E-state index contributed by atoms with van der Waals surface area (Å²) in [6.45, 7) is 1.78. The third kappa shape index (κ3) is 3.01.